The molecular weight excluding hydrogens is 678 g/mol. The van der Waals surface area contributed by atoms with Crippen LogP contribution in [0.1, 0.15) is 156 Å². The summed E-state index contributed by atoms with van der Waals surface area (Å²) in [4.78, 5) is 52.3. The molecule has 4 N–H and O–H groups in total. The van der Waals surface area contributed by atoms with Gasteiger partial charge < -0.3 is 29.3 Å². The fourth-order valence-corrected chi connectivity index (χ4v) is 6.10. The largest absolute Gasteiger partial charge is 0.472 e. The summed E-state index contributed by atoms with van der Waals surface area (Å²) < 4.78 is 47.5. The van der Waals surface area contributed by atoms with E-state index in [0.717, 1.165) is 50.4 Å². The van der Waals surface area contributed by atoms with Crippen LogP contribution in [0, 0.1) is 11.8 Å². The van der Waals surface area contributed by atoms with E-state index in [1.165, 1.54) is 64.2 Å². The lowest BCUT2D eigenvalue weighted by Gasteiger charge is -2.20. The van der Waals surface area contributed by atoms with E-state index < -0.39 is 59.6 Å². The summed E-state index contributed by atoms with van der Waals surface area (Å²) >= 11 is 0. The van der Waals surface area contributed by atoms with Crippen molar-refractivity contribution in [2.24, 2.45) is 11.8 Å². The molecule has 0 rings (SSSR count). The van der Waals surface area contributed by atoms with Crippen molar-refractivity contribution in [3.8, 4) is 0 Å². The number of aliphatic hydroxyl groups excluding tert-OH is 1. The first-order valence-corrected chi connectivity index (χ1v) is 21.5. The van der Waals surface area contributed by atoms with E-state index in [-0.39, 0.29) is 19.4 Å². The maximum atomic E-state index is 12.6. The highest BCUT2D eigenvalue weighted by molar-refractivity contribution is 7.47. The van der Waals surface area contributed by atoms with E-state index in [9.17, 15) is 28.7 Å². The van der Waals surface area contributed by atoms with E-state index in [4.69, 9.17) is 23.8 Å². The Morgan fingerprint density at radius 1 is 0.571 bits per heavy atom. The zero-order valence-electron chi connectivity index (χ0n) is 30.6. The number of carbonyl (C=O) groups is 2. The van der Waals surface area contributed by atoms with Gasteiger partial charge in [0.1, 0.15) is 12.7 Å². The van der Waals surface area contributed by atoms with Crippen LogP contribution in [0.2, 0.25) is 0 Å². The van der Waals surface area contributed by atoms with Crippen molar-refractivity contribution in [3.63, 3.8) is 0 Å². The summed E-state index contributed by atoms with van der Waals surface area (Å²) in [5.74, 6) is 0.512. The van der Waals surface area contributed by atoms with Gasteiger partial charge in [0.2, 0.25) is 0 Å². The SMILES string of the molecule is CCC(C)CCCCCCCCCCC(=O)O[C@H](COC(=O)CCCCCCCCC(C)CC)COP(=O)(O)OC[C@@H](O)COP(=O)(O)O. The van der Waals surface area contributed by atoms with Crippen molar-refractivity contribution in [1.82, 2.24) is 0 Å². The Hall–Kier alpha value is -0.880. The summed E-state index contributed by atoms with van der Waals surface area (Å²) in [6.45, 7) is 6.30. The average Bonchev–Trinajstić information content (AvgIpc) is 3.05. The first kappa shape index (κ1) is 48.1. The van der Waals surface area contributed by atoms with Gasteiger partial charge in [-0.25, -0.2) is 9.13 Å². The number of carbonyl (C=O) groups excluding carboxylic acids is 2. The maximum Gasteiger partial charge on any atom is 0.472 e. The molecule has 0 aliphatic rings. The Morgan fingerprint density at radius 2 is 0.980 bits per heavy atom. The number of phosphoric ester groups is 2. The fourth-order valence-electron chi connectivity index (χ4n) is 4.95. The van der Waals surface area contributed by atoms with E-state index in [0.29, 0.717) is 12.8 Å². The van der Waals surface area contributed by atoms with E-state index >= 15 is 0 Å². The number of phosphoric acid groups is 2. The Bertz CT molecular complexity index is 930. The molecule has 0 amide bonds. The van der Waals surface area contributed by atoms with Crippen LogP contribution in [-0.4, -0.2) is 70.4 Å². The van der Waals surface area contributed by atoms with Crippen LogP contribution in [0.25, 0.3) is 0 Å². The molecule has 0 heterocycles. The standard InChI is InChI=1S/C34H68O13P2/c1-5-29(3)21-17-13-9-7-8-10-16-20-24-34(37)47-32(28-46-49(41,42)45-26-31(35)25-44-48(38,39)40)27-43-33(36)23-19-15-12-11-14-18-22-30(4)6-2/h29-32,35H,5-28H2,1-4H3,(H,41,42)(H2,38,39,40)/t29?,30?,31-,32+/m0/s1. The second kappa shape index (κ2) is 29.7. The van der Waals surface area contributed by atoms with Gasteiger partial charge in [0, 0.05) is 12.8 Å². The predicted octanol–water partition coefficient (Wildman–Crippen LogP) is 8.16. The van der Waals surface area contributed by atoms with Crippen LogP contribution >= 0.6 is 15.6 Å². The summed E-state index contributed by atoms with van der Waals surface area (Å²) in [5.41, 5.74) is 0. The van der Waals surface area contributed by atoms with Crippen LogP contribution in [0.4, 0.5) is 0 Å². The van der Waals surface area contributed by atoms with Crippen LogP contribution in [-0.2, 0) is 41.8 Å². The first-order valence-electron chi connectivity index (χ1n) is 18.5. The second-order valence-corrected chi connectivity index (χ2v) is 16.0. The molecule has 0 aromatic heterocycles. The smallest absolute Gasteiger partial charge is 0.462 e. The van der Waals surface area contributed by atoms with Crippen molar-refractivity contribution < 1.29 is 61.6 Å². The summed E-state index contributed by atoms with van der Waals surface area (Å²) in [6.07, 6.45) is 17.1. The summed E-state index contributed by atoms with van der Waals surface area (Å²) in [5, 5.41) is 9.69. The van der Waals surface area contributed by atoms with Gasteiger partial charge in [-0.3, -0.25) is 23.2 Å². The van der Waals surface area contributed by atoms with Crippen LogP contribution in [0.3, 0.4) is 0 Å². The number of rotatable bonds is 34. The van der Waals surface area contributed by atoms with Crippen molar-refractivity contribution in [2.45, 2.75) is 168 Å². The van der Waals surface area contributed by atoms with Gasteiger partial charge in [0.05, 0.1) is 19.8 Å². The highest BCUT2D eigenvalue weighted by atomic mass is 31.2. The highest BCUT2D eigenvalue weighted by Gasteiger charge is 2.28. The Kier molecular flexibility index (Phi) is 29.1. The van der Waals surface area contributed by atoms with Crippen molar-refractivity contribution in [3.05, 3.63) is 0 Å². The van der Waals surface area contributed by atoms with Crippen LogP contribution in [0.15, 0.2) is 0 Å². The third-order valence-corrected chi connectivity index (χ3v) is 10.0. The van der Waals surface area contributed by atoms with Gasteiger partial charge in [-0.15, -0.1) is 0 Å². The number of ether oxygens (including phenoxy) is 2. The third kappa shape index (κ3) is 32.8. The van der Waals surface area contributed by atoms with Gasteiger partial charge >= 0.3 is 27.6 Å². The molecule has 0 bridgehead atoms. The molecule has 292 valence electrons. The lowest BCUT2D eigenvalue weighted by molar-refractivity contribution is -0.161. The van der Waals surface area contributed by atoms with Crippen molar-refractivity contribution >= 4 is 27.6 Å². The fraction of sp³-hybridized carbons (Fsp3) is 0.941. The van der Waals surface area contributed by atoms with Gasteiger partial charge in [0.15, 0.2) is 6.10 Å². The molecule has 5 atom stereocenters. The molecule has 0 spiro atoms. The molecule has 0 aliphatic heterocycles. The topological polar surface area (TPSA) is 195 Å². The minimum atomic E-state index is -4.85. The number of hydrogen-bond acceptors (Lipinski definition) is 10. The van der Waals surface area contributed by atoms with Gasteiger partial charge in [-0.05, 0) is 24.7 Å². The maximum absolute atomic E-state index is 12.6. The minimum absolute atomic E-state index is 0.135. The number of unbranched alkanes of at least 4 members (excludes halogenated alkanes) is 12. The first-order chi connectivity index (χ1) is 23.2. The summed E-state index contributed by atoms with van der Waals surface area (Å²) in [7, 11) is -9.64. The third-order valence-electron chi connectivity index (χ3n) is 8.57. The molecule has 13 nitrogen and oxygen atoms in total. The minimum Gasteiger partial charge on any atom is -0.462 e. The Balaban J connectivity index is 4.63. The zero-order valence-corrected chi connectivity index (χ0v) is 32.4. The molecule has 0 radical (unpaired) electrons. The molecule has 0 aromatic carbocycles. The molecule has 0 aliphatic carbocycles. The van der Waals surface area contributed by atoms with Crippen molar-refractivity contribution in [2.75, 3.05) is 26.4 Å². The van der Waals surface area contributed by atoms with E-state index in [2.05, 4.69) is 36.7 Å². The Labute approximate surface area is 295 Å². The molecule has 0 saturated heterocycles. The quantitative estimate of drug-likeness (QED) is 0.0280. The average molecular weight is 747 g/mol. The molecule has 0 saturated carbocycles. The van der Waals surface area contributed by atoms with E-state index in [1.54, 1.807) is 0 Å². The second-order valence-electron chi connectivity index (χ2n) is 13.3. The van der Waals surface area contributed by atoms with Crippen LogP contribution in [0.5, 0.6) is 0 Å². The van der Waals surface area contributed by atoms with Crippen molar-refractivity contribution in [1.29, 1.82) is 0 Å². The number of hydrogen-bond donors (Lipinski definition) is 4. The predicted molar refractivity (Wildman–Crippen MR) is 189 cm³/mol. The number of aliphatic hydroxyl groups is 1. The molecule has 49 heavy (non-hydrogen) atoms. The monoisotopic (exact) mass is 746 g/mol. The van der Waals surface area contributed by atoms with Crippen LogP contribution < -0.4 is 0 Å². The number of esters is 2. The Morgan fingerprint density at radius 3 is 1.45 bits per heavy atom. The van der Waals surface area contributed by atoms with E-state index in [1.807, 2.05) is 0 Å². The molecular formula is C34H68O13P2. The molecule has 3 unspecified atom stereocenters. The molecule has 15 heteroatoms. The lowest BCUT2D eigenvalue weighted by atomic mass is 9.99. The summed E-state index contributed by atoms with van der Waals surface area (Å²) in [6, 6.07) is 0. The normalized spacial score (nSPS) is 15.7. The van der Waals surface area contributed by atoms with Gasteiger partial charge in [-0.2, -0.15) is 0 Å². The molecule has 0 fully saturated rings. The molecule has 0 aromatic rings. The zero-order chi connectivity index (χ0) is 37.0. The van der Waals surface area contributed by atoms with Gasteiger partial charge in [0.25, 0.3) is 0 Å². The highest BCUT2D eigenvalue weighted by Crippen LogP contribution is 2.43. The lowest BCUT2D eigenvalue weighted by Crippen LogP contribution is -2.30. The van der Waals surface area contributed by atoms with Gasteiger partial charge in [-0.1, -0.05) is 130 Å².